The number of hydrogen-bond donors (Lipinski definition) is 2. The van der Waals surface area contributed by atoms with Crippen molar-refractivity contribution in [3.8, 4) is 0 Å². The predicted molar refractivity (Wildman–Crippen MR) is 49.0 cm³/mol. The summed E-state index contributed by atoms with van der Waals surface area (Å²) in [5.74, 6) is 0.611. The topological polar surface area (TPSA) is 32.3 Å². The van der Waals surface area contributed by atoms with Crippen LogP contribution in [0.15, 0.2) is 0 Å². The van der Waals surface area contributed by atoms with E-state index in [1.54, 1.807) is 0 Å². The predicted octanol–water partition coefficient (Wildman–Crippen LogP) is 1.29. The van der Waals surface area contributed by atoms with E-state index in [1.165, 1.54) is 25.7 Å². The molecule has 2 aliphatic rings. The summed E-state index contributed by atoms with van der Waals surface area (Å²) in [5.41, 5.74) is -0.304. The van der Waals surface area contributed by atoms with Gasteiger partial charge in [0.05, 0.1) is 5.60 Å². The molecule has 1 saturated heterocycles. The van der Waals surface area contributed by atoms with Crippen molar-refractivity contribution in [2.24, 2.45) is 5.92 Å². The lowest BCUT2D eigenvalue weighted by atomic mass is 9.79. The summed E-state index contributed by atoms with van der Waals surface area (Å²) in [6, 6.07) is 0. The third-order valence-electron chi connectivity index (χ3n) is 3.58. The minimum atomic E-state index is -0.304. The first-order valence-corrected chi connectivity index (χ1v) is 5.24. The maximum atomic E-state index is 10.3. The maximum absolute atomic E-state index is 10.3. The molecule has 0 unspecified atom stereocenters. The SMILES string of the molecule is OC1(C2CCCC2)CCNCC1. The van der Waals surface area contributed by atoms with Gasteiger partial charge in [0.1, 0.15) is 0 Å². The van der Waals surface area contributed by atoms with Crippen LogP contribution in [-0.4, -0.2) is 23.8 Å². The lowest BCUT2D eigenvalue weighted by Crippen LogP contribution is -2.46. The fourth-order valence-corrected chi connectivity index (χ4v) is 2.73. The normalized spacial score (nSPS) is 30.8. The first-order chi connectivity index (χ1) is 5.81. The fourth-order valence-electron chi connectivity index (χ4n) is 2.73. The van der Waals surface area contributed by atoms with Gasteiger partial charge in [-0.15, -0.1) is 0 Å². The van der Waals surface area contributed by atoms with Crippen molar-refractivity contribution in [1.82, 2.24) is 5.32 Å². The van der Waals surface area contributed by atoms with Gasteiger partial charge in [0.15, 0.2) is 0 Å². The van der Waals surface area contributed by atoms with Gasteiger partial charge in [-0.3, -0.25) is 0 Å². The van der Waals surface area contributed by atoms with Crippen molar-refractivity contribution in [2.75, 3.05) is 13.1 Å². The Labute approximate surface area is 74.4 Å². The Morgan fingerprint density at radius 3 is 2.25 bits per heavy atom. The van der Waals surface area contributed by atoms with Crippen molar-refractivity contribution >= 4 is 0 Å². The summed E-state index contributed by atoms with van der Waals surface area (Å²) < 4.78 is 0. The third-order valence-corrected chi connectivity index (χ3v) is 3.58. The van der Waals surface area contributed by atoms with E-state index >= 15 is 0 Å². The van der Waals surface area contributed by atoms with Crippen LogP contribution >= 0.6 is 0 Å². The Morgan fingerprint density at radius 1 is 1.08 bits per heavy atom. The second-order valence-electron chi connectivity index (χ2n) is 4.33. The summed E-state index contributed by atoms with van der Waals surface area (Å²) >= 11 is 0. The van der Waals surface area contributed by atoms with Gasteiger partial charge in [-0.25, -0.2) is 0 Å². The Morgan fingerprint density at radius 2 is 1.67 bits per heavy atom. The van der Waals surface area contributed by atoms with Gasteiger partial charge >= 0.3 is 0 Å². The lowest BCUT2D eigenvalue weighted by molar-refractivity contribution is -0.0413. The van der Waals surface area contributed by atoms with Crippen molar-refractivity contribution in [1.29, 1.82) is 0 Å². The van der Waals surface area contributed by atoms with Crippen molar-refractivity contribution in [3.63, 3.8) is 0 Å². The van der Waals surface area contributed by atoms with E-state index in [9.17, 15) is 5.11 Å². The van der Waals surface area contributed by atoms with E-state index in [4.69, 9.17) is 0 Å². The van der Waals surface area contributed by atoms with Crippen molar-refractivity contribution in [2.45, 2.75) is 44.1 Å². The molecule has 2 nitrogen and oxygen atoms in total. The molecule has 0 aromatic heterocycles. The van der Waals surface area contributed by atoms with E-state index in [1.807, 2.05) is 0 Å². The number of hydrogen-bond acceptors (Lipinski definition) is 2. The minimum absolute atomic E-state index is 0.304. The molecule has 0 atom stereocenters. The lowest BCUT2D eigenvalue weighted by Gasteiger charge is -2.37. The first-order valence-electron chi connectivity index (χ1n) is 5.24. The smallest absolute Gasteiger partial charge is 0.0700 e. The molecule has 1 saturated carbocycles. The van der Waals surface area contributed by atoms with E-state index in [0.717, 1.165) is 25.9 Å². The monoisotopic (exact) mass is 169 g/mol. The largest absolute Gasteiger partial charge is 0.390 e. The van der Waals surface area contributed by atoms with Gasteiger partial charge in [0.2, 0.25) is 0 Å². The highest BCUT2D eigenvalue weighted by molar-refractivity contribution is 4.92. The van der Waals surface area contributed by atoms with Gasteiger partial charge < -0.3 is 10.4 Å². The second-order valence-corrected chi connectivity index (χ2v) is 4.33. The second kappa shape index (κ2) is 3.35. The van der Waals surface area contributed by atoms with Crippen molar-refractivity contribution < 1.29 is 5.11 Å². The quantitative estimate of drug-likeness (QED) is 0.620. The van der Waals surface area contributed by atoms with Crippen LogP contribution in [0, 0.1) is 5.92 Å². The molecule has 70 valence electrons. The van der Waals surface area contributed by atoms with Crippen LogP contribution in [0.3, 0.4) is 0 Å². The van der Waals surface area contributed by atoms with Crippen LogP contribution in [0.2, 0.25) is 0 Å². The first kappa shape index (κ1) is 8.52. The number of piperidine rings is 1. The van der Waals surface area contributed by atoms with Crippen LogP contribution in [0.4, 0.5) is 0 Å². The summed E-state index contributed by atoms with van der Waals surface area (Å²) in [4.78, 5) is 0. The van der Waals surface area contributed by atoms with Crippen LogP contribution in [-0.2, 0) is 0 Å². The molecule has 1 aliphatic heterocycles. The van der Waals surface area contributed by atoms with E-state index < -0.39 is 0 Å². The highest BCUT2D eigenvalue weighted by atomic mass is 16.3. The van der Waals surface area contributed by atoms with E-state index in [2.05, 4.69) is 5.32 Å². The number of rotatable bonds is 1. The molecule has 1 heterocycles. The van der Waals surface area contributed by atoms with Gasteiger partial charge in [-0.1, -0.05) is 12.8 Å². The third kappa shape index (κ3) is 1.50. The Hall–Kier alpha value is -0.0800. The Balaban J connectivity index is 1.97. The highest BCUT2D eigenvalue weighted by Crippen LogP contribution is 2.38. The van der Waals surface area contributed by atoms with E-state index in [-0.39, 0.29) is 5.60 Å². The van der Waals surface area contributed by atoms with Crippen LogP contribution in [0.5, 0.6) is 0 Å². The molecule has 0 radical (unpaired) electrons. The summed E-state index contributed by atoms with van der Waals surface area (Å²) in [6.07, 6.45) is 7.13. The van der Waals surface area contributed by atoms with Gasteiger partial charge in [-0.05, 0) is 44.7 Å². The molecule has 12 heavy (non-hydrogen) atoms. The molecule has 0 bridgehead atoms. The zero-order valence-electron chi connectivity index (χ0n) is 7.68. The Bertz CT molecular complexity index is 146. The average Bonchev–Trinajstić information content (AvgIpc) is 2.58. The van der Waals surface area contributed by atoms with Crippen LogP contribution < -0.4 is 5.32 Å². The summed E-state index contributed by atoms with van der Waals surface area (Å²) in [6.45, 7) is 2.01. The zero-order chi connectivity index (χ0) is 8.44. The molecule has 0 amide bonds. The van der Waals surface area contributed by atoms with Gasteiger partial charge in [0, 0.05) is 0 Å². The molecular formula is C10H19NO. The standard InChI is InChI=1S/C10H19NO/c12-10(5-7-11-8-6-10)9-3-1-2-4-9/h9,11-12H,1-8H2. The summed E-state index contributed by atoms with van der Waals surface area (Å²) in [5, 5.41) is 13.6. The molecule has 2 heteroatoms. The van der Waals surface area contributed by atoms with E-state index in [0.29, 0.717) is 5.92 Å². The van der Waals surface area contributed by atoms with Gasteiger partial charge in [-0.2, -0.15) is 0 Å². The summed E-state index contributed by atoms with van der Waals surface area (Å²) in [7, 11) is 0. The molecule has 2 rings (SSSR count). The van der Waals surface area contributed by atoms with Crippen LogP contribution in [0.1, 0.15) is 38.5 Å². The number of nitrogens with one attached hydrogen (secondary N) is 1. The molecular weight excluding hydrogens is 150 g/mol. The minimum Gasteiger partial charge on any atom is -0.390 e. The molecule has 0 spiro atoms. The molecule has 0 aromatic carbocycles. The fraction of sp³-hybridized carbons (Fsp3) is 1.00. The van der Waals surface area contributed by atoms with Crippen molar-refractivity contribution in [3.05, 3.63) is 0 Å². The van der Waals surface area contributed by atoms with Crippen LogP contribution in [0.25, 0.3) is 0 Å². The molecule has 2 fully saturated rings. The molecule has 1 aliphatic carbocycles. The maximum Gasteiger partial charge on any atom is 0.0700 e. The number of aliphatic hydroxyl groups is 1. The highest BCUT2D eigenvalue weighted by Gasteiger charge is 2.38. The Kier molecular flexibility index (Phi) is 2.37. The molecule has 0 aromatic rings. The molecule has 2 N–H and O–H groups in total. The average molecular weight is 169 g/mol. The van der Waals surface area contributed by atoms with Gasteiger partial charge in [0.25, 0.3) is 0 Å². The zero-order valence-corrected chi connectivity index (χ0v) is 7.68.